The number of hydrogen-bond acceptors (Lipinski definition) is 6. The first-order chi connectivity index (χ1) is 14.0. The van der Waals surface area contributed by atoms with Crippen molar-refractivity contribution in [1.82, 2.24) is 15.0 Å². The molecule has 29 heavy (non-hydrogen) atoms. The van der Waals surface area contributed by atoms with Crippen LogP contribution in [0.5, 0.6) is 5.75 Å². The van der Waals surface area contributed by atoms with Gasteiger partial charge in [0.15, 0.2) is 0 Å². The molecule has 7 heteroatoms. The fraction of sp³-hybridized carbons (Fsp3) is 0.364. The van der Waals surface area contributed by atoms with Gasteiger partial charge in [0.2, 0.25) is 0 Å². The Bertz CT molecular complexity index is 1040. The van der Waals surface area contributed by atoms with Crippen LogP contribution < -0.4 is 4.74 Å². The van der Waals surface area contributed by atoms with Gasteiger partial charge in [0.1, 0.15) is 23.1 Å². The topological polar surface area (TPSA) is 83.3 Å². The van der Waals surface area contributed by atoms with Gasteiger partial charge in [-0.1, -0.05) is 23.4 Å². The van der Waals surface area contributed by atoms with E-state index in [-0.39, 0.29) is 18.3 Å². The molecule has 1 heterocycles. The van der Waals surface area contributed by atoms with Crippen molar-refractivity contribution in [3.8, 4) is 5.75 Å². The fourth-order valence-corrected chi connectivity index (χ4v) is 3.56. The van der Waals surface area contributed by atoms with Crippen molar-refractivity contribution in [2.75, 3.05) is 13.7 Å². The zero-order valence-corrected chi connectivity index (χ0v) is 17.1. The molecule has 0 spiro atoms. The number of methoxy groups -OCH3 is 1. The van der Waals surface area contributed by atoms with Gasteiger partial charge in [-0.05, 0) is 48.2 Å². The van der Waals surface area contributed by atoms with Gasteiger partial charge in [0.25, 0.3) is 0 Å². The van der Waals surface area contributed by atoms with Crippen LogP contribution in [-0.4, -0.2) is 41.0 Å². The summed E-state index contributed by atoms with van der Waals surface area (Å²) < 4.78 is 12.4. The number of ether oxygens (including phenoxy) is 2. The summed E-state index contributed by atoms with van der Waals surface area (Å²) in [6.45, 7) is 4.08. The Morgan fingerprint density at radius 1 is 1.24 bits per heavy atom. The van der Waals surface area contributed by atoms with Gasteiger partial charge in [0.05, 0.1) is 20.1 Å². The molecule has 0 aliphatic carbocycles. The maximum atomic E-state index is 12.4. The third kappa shape index (κ3) is 4.29. The van der Waals surface area contributed by atoms with Gasteiger partial charge >= 0.3 is 5.97 Å². The van der Waals surface area contributed by atoms with Crippen molar-refractivity contribution in [1.29, 1.82) is 0 Å². The highest BCUT2D eigenvalue weighted by Crippen LogP contribution is 2.35. The molecule has 3 aromatic rings. The number of carbonyl (C=O) groups excluding carboxylic acids is 2. The number of carbonyl (C=O) groups is 2. The molecule has 0 aliphatic heterocycles. The van der Waals surface area contributed by atoms with Crippen molar-refractivity contribution in [3.05, 3.63) is 52.6 Å². The standard InChI is InChI=1S/C22H25N3O4/c1-5-29-21(27)13-18(16-7-6-14(2)15(10-16)8-9-26)17-11-19-22(20(12-17)28-4)25(3)24-23-19/h6-7,9-12,18H,5,8,13H2,1-4H3/t18-/m0/s1. The first-order valence-electron chi connectivity index (χ1n) is 9.54. The molecule has 0 amide bonds. The number of esters is 1. The fourth-order valence-electron chi connectivity index (χ4n) is 3.56. The van der Waals surface area contributed by atoms with Gasteiger partial charge in [-0.3, -0.25) is 4.79 Å². The molecule has 0 bridgehead atoms. The number of rotatable bonds is 8. The van der Waals surface area contributed by atoms with Crippen LogP contribution in [0.25, 0.3) is 11.0 Å². The van der Waals surface area contributed by atoms with Crippen LogP contribution >= 0.6 is 0 Å². The summed E-state index contributed by atoms with van der Waals surface area (Å²) in [5.41, 5.74) is 5.28. The van der Waals surface area contributed by atoms with E-state index < -0.39 is 0 Å². The first-order valence-corrected chi connectivity index (χ1v) is 9.54. The molecule has 0 unspecified atom stereocenters. The lowest BCUT2D eigenvalue weighted by Crippen LogP contribution is -2.12. The molecule has 0 N–H and O–H groups in total. The minimum Gasteiger partial charge on any atom is -0.494 e. The maximum Gasteiger partial charge on any atom is 0.306 e. The van der Waals surface area contributed by atoms with Crippen LogP contribution in [-0.2, 0) is 27.8 Å². The predicted octanol–water partition coefficient (Wildman–Crippen LogP) is 3.11. The van der Waals surface area contributed by atoms with E-state index in [1.807, 2.05) is 37.3 Å². The van der Waals surface area contributed by atoms with Crippen molar-refractivity contribution < 1.29 is 19.1 Å². The Kier molecular flexibility index (Phi) is 6.26. The molecule has 3 rings (SSSR count). The molecule has 0 saturated carbocycles. The Morgan fingerprint density at radius 3 is 2.72 bits per heavy atom. The second-order valence-corrected chi connectivity index (χ2v) is 6.92. The molecule has 2 aromatic carbocycles. The smallest absolute Gasteiger partial charge is 0.306 e. The Balaban J connectivity index is 2.13. The van der Waals surface area contributed by atoms with E-state index in [0.29, 0.717) is 24.3 Å². The molecule has 7 nitrogen and oxygen atoms in total. The molecular formula is C22H25N3O4. The largest absolute Gasteiger partial charge is 0.494 e. The lowest BCUT2D eigenvalue weighted by atomic mass is 9.86. The second-order valence-electron chi connectivity index (χ2n) is 6.92. The van der Waals surface area contributed by atoms with Crippen LogP contribution in [0, 0.1) is 6.92 Å². The number of hydrogen-bond donors (Lipinski definition) is 0. The van der Waals surface area contributed by atoms with E-state index in [4.69, 9.17) is 9.47 Å². The van der Waals surface area contributed by atoms with Gasteiger partial charge in [-0.25, -0.2) is 4.68 Å². The third-order valence-corrected chi connectivity index (χ3v) is 5.06. The highest BCUT2D eigenvalue weighted by atomic mass is 16.5. The average Bonchev–Trinajstić information content (AvgIpc) is 3.08. The molecule has 0 aliphatic rings. The lowest BCUT2D eigenvalue weighted by molar-refractivity contribution is -0.143. The summed E-state index contributed by atoms with van der Waals surface area (Å²) in [6.07, 6.45) is 1.39. The molecular weight excluding hydrogens is 370 g/mol. The maximum absolute atomic E-state index is 12.4. The highest BCUT2D eigenvalue weighted by molar-refractivity contribution is 5.83. The Labute approximate surface area is 169 Å². The van der Waals surface area contributed by atoms with E-state index in [1.165, 1.54) is 0 Å². The predicted molar refractivity (Wildman–Crippen MR) is 109 cm³/mol. The number of aryl methyl sites for hydroxylation is 2. The number of nitrogens with zero attached hydrogens (tertiary/aromatic N) is 3. The van der Waals surface area contributed by atoms with E-state index >= 15 is 0 Å². The minimum absolute atomic E-state index is 0.173. The second kappa shape index (κ2) is 8.86. The monoisotopic (exact) mass is 395 g/mol. The van der Waals surface area contributed by atoms with Crippen molar-refractivity contribution in [3.63, 3.8) is 0 Å². The SMILES string of the molecule is CCOC(=O)C[C@@H](c1ccc(C)c(CC=O)c1)c1cc(OC)c2c(c1)nnn2C. The van der Waals surface area contributed by atoms with E-state index in [0.717, 1.165) is 34.1 Å². The zero-order chi connectivity index (χ0) is 21.0. The summed E-state index contributed by atoms with van der Waals surface area (Å²) in [7, 11) is 3.40. The summed E-state index contributed by atoms with van der Waals surface area (Å²) >= 11 is 0. The quantitative estimate of drug-likeness (QED) is 0.430. The van der Waals surface area contributed by atoms with E-state index in [2.05, 4.69) is 10.3 Å². The van der Waals surface area contributed by atoms with Crippen molar-refractivity contribution in [2.45, 2.75) is 32.6 Å². The summed E-state index contributed by atoms with van der Waals surface area (Å²) in [4.78, 5) is 23.4. The molecule has 0 saturated heterocycles. The summed E-state index contributed by atoms with van der Waals surface area (Å²) in [6, 6.07) is 9.79. The lowest BCUT2D eigenvalue weighted by Gasteiger charge is -2.20. The number of fused-ring (bicyclic) bond motifs is 1. The molecule has 1 atom stereocenters. The van der Waals surface area contributed by atoms with Crippen molar-refractivity contribution in [2.24, 2.45) is 7.05 Å². The molecule has 1 aromatic heterocycles. The number of aldehydes is 1. The van der Waals surface area contributed by atoms with Crippen LogP contribution in [0.4, 0.5) is 0 Å². The van der Waals surface area contributed by atoms with Crippen molar-refractivity contribution >= 4 is 23.3 Å². The molecule has 152 valence electrons. The van der Waals surface area contributed by atoms with Gasteiger partial charge < -0.3 is 14.3 Å². The van der Waals surface area contributed by atoms with Gasteiger partial charge in [0, 0.05) is 19.4 Å². The Hall–Kier alpha value is -3.22. The third-order valence-electron chi connectivity index (χ3n) is 5.06. The van der Waals surface area contributed by atoms with Crippen LogP contribution in [0.15, 0.2) is 30.3 Å². The van der Waals surface area contributed by atoms with Crippen LogP contribution in [0.3, 0.4) is 0 Å². The average molecular weight is 395 g/mol. The highest BCUT2D eigenvalue weighted by Gasteiger charge is 2.23. The first kappa shape index (κ1) is 20.5. The van der Waals surface area contributed by atoms with Gasteiger partial charge in [-0.2, -0.15) is 0 Å². The zero-order valence-electron chi connectivity index (χ0n) is 17.1. The van der Waals surface area contributed by atoms with Crippen LogP contribution in [0.1, 0.15) is 41.5 Å². The number of benzene rings is 2. The van der Waals surface area contributed by atoms with E-state index in [9.17, 15) is 9.59 Å². The Morgan fingerprint density at radius 2 is 2.03 bits per heavy atom. The van der Waals surface area contributed by atoms with Crippen LogP contribution in [0.2, 0.25) is 0 Å². The molecule has 0 radical (unpaired) electrons. The normalized spacial score (nSPS) is 12.0. The van der Waals surface area contributed by atoms with Gasteiger partial charge in [-0.15, -0.1) is 5.10 Å². The minimum atomic E-state index is -0.284. The summed E-state index contributed by atoms with van der Waals surface area (Å²) in [5.74, 6) is 0.0904. The molecule has 0 fully saturated rings. The number of aromatic nitrogens is 3. The van der Waals surface area contributed by atoms with E-state index in [1.54, 1.807) is 25.8 Å². The summed E-state index contributed by atoms with van der Waals surface area (Å²) in [5, 5.41) is 8.28.